The van der Waals surface area contributed by atoms with Crippen molar-refractivity contribution in [2.24, 2.45) is 0 Å². The average Bonchev–Trinajstić information content (AvgIpc) is 2.52. The van der Waals surface area contributed by atoms with Crippen LogP contribution in [0.2, 0.25) is 0 Å². The van der Waals surface area contributed by atoms with Crippen molar-refractivity contribution in [1.82, 2.24) is 10.2 Å². The monoisotopic (exact) mass is 248 g/mol. The summed E-state index contributed by atoms with van der Waals surface area (Å²) in [5, 5.41) is 12.6. The predicted molar refractivity (Wildman–Crippen MR) is 65.7 cm³/mol. The summed E-state index contributed by atoms with van der Waals surface area (Å²) >= 11 is 0. The molecule has 0 saturated carbocycles. The first-order chi connectivity index (χ1) is 8.42. The lowest BCUT2D eigenvalue weighted by Crippen LogP contribution is -2.40. The molecule has 18 heavy (non-hydrogen) atoms. The Morgan fingerprint density at radius 3 is 2.39 bits per heavy atom. The maximum Gasteiger partial charge on any atom is 0.325 e. The molecule has 5 nitrogen and oxygen atoms in total. The molecule has 1 aliphatic rings. The number of urea groups is 1. The summed E-state index contributed by atoms with van der Waals surface area (Å²) in [5.74, 6) is -0.317. The van der Waals surface area contributed by atoms with Crippen LogP contribution in [0.15, 0.2) is 30.3 Å². The first-order valence-corrected chi connectivity index (χ1v) is 5.79. The van der Waals surface area contributed by atoms with Crippen LogP contribution in [0.4, 0.5) is 4.79 Å². The first kappa shape index (κ1) is 12.6. The third-order valence-electron chi connectivity index (χ3n) is 2.98. The van der Waals surface area contributed by atoms with Gasteiger partial charge in [-0.2, -0.15) is 0 Å². The van der Waals surface area contributed by atoms with E-state index in [-0.39, 0.29) is 12.5 Å². The minimum atomic E-state index is -0.895. The fourth-order valence-electron chi connectivity index (χ4n) is 1.94. The number of β-amino-alcohol motifs (C(OH)–C–C–N with tert-alkyl or cyclic N) is 1. The molecule has 1 aliphatic heterocycles. The molecule has 0 radical (unpaired) electrons. The zero-order chi connectivity index (χ0) is 13.3. The van der Waals surface area contributed by atoms with Gasteiger partial charge in [-0.25, -0.2) is 4.79 Å². The van der Waals surface area contributed by atoms with Crippen molar-refractivity contribution in [3.63, 3.8) is 0 Å². The van der Waals surface area contributed by atoms with E-state index in [2.05, 4.69) is 5.32 Å². The van der Waals surface area contributed by atoms with E-state index in [1.54, 1.807) is 38.1 Å². The molecule has 0 aliphatic carbocycles. The highest BCUT2D eigenvalue weighted by molar-refractivity contribution is 6.06. The molecule has 2 rings (SSSR count). The summed E-state index contributed by atoms with van der Waals surface area (Å²) < 4.78 is 0. The number of hydrogen-bond acceptors (Lipinski definition) is 3. The lowest BCUT2D eigenvalue weighted by Gasteiger charge is -2.19. The van der Waals surface area contributed by atoms with Crippen molar-refractivity contribution >= 4 is 11.9 Å². The van der Waals surface area contributed by atoms with Crippen LogP contribution in [0.1, 0.15) is 25.5 Å². The summed E-state index contributed by atoms with van der Waals surface area (Å²) in [6, 6.07) is 8.50. The largest absolute Gasteiger partial charge is 0.387 e. The van der Waals surface area contributed by atoms with Gasteiger partial charge in [-0.1, -0.05) is 30.3 Å². The number of nitrogens with one attached hydrogen (secondary N) is 1. The molecule has 0 bridgehead atoms. The highest BCUT2D eigenvalue weighted by Crippen LogP contribution is 2.21. The number of nitrogens with zero attached hydrogens (tertiary/aromatic N) is 1. The molecule has 0 aromatic heterocycles. The molecule has 1 aromatic carbocycles. The lowest BCUT2D eigenvalue weighted by atomic mass is 10.1. The Morgan fingerprint density at radius 1 is 1.28 bits per heavy atom. The van der Waals surface area contributed by atoms with Gasteiger partial charge < -0.3 is 10.4 Å². The van der Waals surface area contributed by atoms with Crippen molar-refractivity contribution in [3.8, 4) is 0 Å². The molecular formula is C13H16N2O3. The maximum atomic E-state index is 11.9. The van der Waals surface area contributed by atoms with Crippen molar-refractivity contribution in [1.29, 1.82) is 0 Å². The smallest absolute Gasteiger partial charge is 0.325 e. The van der Waals surface area contributed by atoms with Crippen LogP contribution in [0.25, 0.3) is 0 Å². The summed E-state index contributed by atoms with van der Waals surface area (Å²) in [4.78, 5) is 24.6. The summed E-state index contributed by atoms with van der Waals surface area (Å²) in [5.41, 5.74) is -0.212. The number of aliphatic hydroxyl groups excluding tert-OH is 1. The Labute approximate surface area is 105 Å². The number of carbonyl (C=O) groups is 2. The Hall–Kier alpha value is -1.88. The first-order valence-electron chi connectivity index (χ1n) is 5.79. The van der Waals surface area contributed by atoms with Gasteiger partial charge in [0, 0.05) is 0 Å². The number of carbonyl (C=O) groups excluding carboxylic acids is 2. The highest BCUT2D eigenvalue weighted by Gasteiger charge is 2.44. The molecule has 96 valence electrons. The summed E-state index contributed by atoms with van der Waals surface area (Å²) in [6.45, 7) is 3.25. The van der Waals surface area contributed by atoms with Gasteiger partial charge in [0.05, 0.1) is 12.6 Å². The lowest BCUT2D eigenvalue weighted by molar-refractivity contribution is -0.131. The van der Waals surface area contributed by atoms with Gasteiger partial charge in [0.25, 0.3) is 5.91 Å². The molecule has 0 spiro atoms. The van der Waals surface area contributed by atoms with Crippen molar-refractivity contribution < 1.29 is 14.7 Å². The molecule has 1 atom stereocenters. The van der Waals surface area contributed by atoms with Crippen LogP contribution < -0.4 is 5.32 Å². The van der Waals surface area contributed by atoms with E-state index < -0.39 is 17.7 Å². The third kappa shape index (κ3) is 2.22. The van der Waals surface area contributed by atoms with E-state index >= 15 is 0 Å². The third-order valence-corrected chi connectivity index (χ3v) is 2.98. The van der Waals surface area contributed by atoms with E-state index in [0.29, 0.717) is 5.56 Å². The zero-order valence-electron chi connectivity index (χ0n) is 10.4. The minimum Gasteiger partial charge on any atom is -0.387 e. The average molecular weight is 248 g/mol. The van der Waals surface area contributed by atoms with E-state index in [0.717, 1.165) is 4.90 Å². The Bertz CT molecular complexity index is 470. The van der Waals surface area contributed by atoms with Crippen molar-refractivity contribution in [2.75, 3.05) is 6.54 Å². The number of benzene rings is 1. The molecule has 1 heterocycles. The second-order valence-corrected chi connectivity index (χ2v) is 4.90. The number of aliphatic hydroxyl groups is 1. The number of imide groups is 1. The van der Waals surface area contributed by atoms with Crippen molar-refractivity contribution in [3.05, 3.63) is 35.9 Å². The Kier molecular flexibility index (Phi) is 3.09. The number of hydrogen-bond donors (Lipinski definition) is 2. The molecule has 1 aromatic rings. The van der Waals surface area contributed by atoms with Gasteiger partial charge in [0.2, 0.25) is 0 Å². The molecule has 5 heteroatoms. The Balaban J connectivity index is 2.11. The molecule has 2 N–H and O–H groups in total. The number of amides is 3. The normalized spacial score (nSPS) is 19.8. The van der Waals surface area contributed by atoms with Crippen LogP contribution in [0.3, 0.4) is 0 Å². The molecule has 1 saturated heterocycles. The molecule has 0 unspecified atom stereocenters. The highest BCUT2D eigenvalue weighted by atomic mass is 16.3. The predicted octanol–water partition coefficient (Wildman–Crippen LogP) is 1.05. The second-order valence-electron chi connectivity index (χ2n) is 4.90. The quantitative estimate of drug-likeness (QED) is 0.785. The molecular weight excluding hydrogens is 232 g/mol. The van der Waals surface area contributed by atoms with Gasteiger partial charge in [-0.05, 0) is 19.4 Å². The van der Waals surface area contributed by atoms with Crippen LogP contribution in [-0.4, -0.2) is 34.0 Å². The van der Waals surface area contributed by atoms with Gasteiger partial charge in [-0.15, -0.1) is 0 Å². The van der Waals surface area contributed by atoms with Crippen LogP contribution in [0.5, 0.6) is 0 Å². The van der Waals surface area contributed by atoms with Crippen molar-refractivity contribution in [2.45, 2.75) is 25.5 Å². The minimum absolute atomic E-state index is 0.0297. The van der Waals surface area contributed by atoms with Gasteiger partial charge >= 0.3 is 6.03 Å². The van der Waals surface area contributed by atoms with Crippen LogP contribution in [0, 0.1) is 0 Å². The fourth-order valence-corrected chi connectivity index (χ4v) is 1.94. The fraction of sp³-hybridized carbons (Fsp3) is 0.385. The van der Waals surface area contributed by atoms with E-state index in [9.17, 15) is 14.7 Å². The van der Waals surface area contributed by atoms with E-state index in [4.69, 9.17) is 0 Å². The van der Waals surface area contributed by atoms with E-state index in [1.165, 1.54) is 0 Å². The van der Waals surface area contributed by atoms with E-state index in [1.807, 2.05) is 6.07 Å². The van der Waals surface area contributed by atoms with Gasteiger partial charge in [-0.3, -0.25) is 9.69 Å². The number of rotatable bonds is 3. The van der Waals surface area contributed by atoms with Crippen LogP contribution in [-0.2, 0) is 4.79 Å². The SMILES string of the molecule is CC1(C)NC(=O)N(C[C@@H](O)c2ccccc2)C1=O. The maximum absolute atomic E-state index is 11.9. The summed E-state index contributed by atoms with van der Waals surface area (Å²) in [7, 11) is 0. The summed E-state index contributed by atoms with van der Waals surface area (Å²) in [6.07, 6.45) is -0.866. The van der Waals surface area contributed by atoms with Gasteiger partial charge in [0.1, 0.15) is 5.54 Å². The standard InChI is InChI=1S/C13H16N2O3/c1-13(2)11(17)15(12(18)14-13)8-10(16)9-6-4-3-5-7-9/h3-7,10,16H,8H2,1-2H3,(H,14,18)/t10-/m1/s1. The molecule has 3 amide bonds. The van der Waals surface area contributed by atoms with Crippen LogP contribution >= 0.6 is 0 Å². The molecule has 1 fully saturated rings. The zero-order valence-corrected chi connectivity index (χ0v) is 10.4. The van der Waals surface area contributed by atoms with Gasteiger partial charge in [0.15, 0.2) is 0 Å². The topological polar surface area (TPSA) is 69.6 Å². The Morgan fingerprint density at radius 2 is 1.89 bits per heavy atom. The second kappa shape index (κ2) is 4.42.